The molecule has 4 heteroatoms. The quantitative estimate of drug-likeness (QED) is 0.133. The van der Waals surface area contributed by atoms with E-state index in [-0.39, 0.29) is 0 Å². The number of hydrogen-bond donors (Lipinski definition) is 0. The summed E-state index contributed by atoms with van der Waals surface area (Å²) in [6.07, 6.45) is 0. The largest absolute Gasteiger partial charge is 0.310 e. The molecule has 66 heavy (non-hydrogen) atoms. The number of rotatable bonds is 9. The zero-order valence-electron chi connectivity index (χ0n) is 36.9. The lowest BCUT2D eigenvalue weighted by atomic mass is 10.0. The smallest absolute Gasteiger partial charge is 0.180 e. The van der Waals surface area contributed by atoms with Gasteiger partial charge in [-0.3, -0.25) is 0 Å². The van der Waals surface area contributed by atoms with Gasteiger partial charge in [-0.15, -0.1) is 11.3 Å². The minimum Gasteiger partial charge on any atom is -0.310 e. The Morgan fingerprint density at radius 2 is 0.894 bits per heavy atom. The molecule has 0 saturated heterocycles. The van der Waals surface area contributed by atoms with Crippen molar-refractivity contribution in [2.24, 2.45) is 0 Å². The number of benzene rings is 10. The molecule has 10 aromatic carbocycles. The molecular formula is C62H46N2SSi. The molecule has 2 nitrogen and oxygen atoms in total. The van der Waals surface area contributed by atoms with Crippen LogP contribution in [0.25, 0.3) is 42.4 Å². The Bertz CT molecular complexity index is 3500. The number of para-hydroxylation sites is 2. The first kappa shape index (κ1) is 39.8. The third kappa shape index (κ3) is 6.60. The Labute approximate surface area is 392 Å². The minimum atomic E-state index is -2.98. The number of thiophene rings is 1. The van der Waals surface area contributed by atoms with E-state index in [0.717, 1.165) is 28.4 Å². The second kappa shape index (κ2) is 16.3. The summed E-state index contributed by atoms with van der Waals surface area (Å²) in [6, 6.07) is 90.5. The van der Waals surface area contributed by atoms with Gasteiger partial charge in [0, 0.05) is 48.6 Å². The van der Waals surface area contributed by atoms with Gasteiger partial charge in [-0.1, -0.05) is 175 Å². The molecule has 12 rings (SSSR count). The van der Waals surface area contributed by atoms with Gasteiger partial charge in [-0.25, -0.2) is 0 Å². The van der Waals surface area contributed by atoms with E-state index in [1.54, 1.807) is 0 Å². The van der Waals surface area contributed by atoms with E-state index in [1.807, 2.05) is 11.3 Å². The molecule has 0 amide bonds. The van der Waals surface area contributed by atoms with Crippen LogP contribution in [-0.4, -0.2) is 8.07 Å². The van der Waals surface area contributed by atoms with Gasteiger partial charge in [0.2, 0.25) is 0 Å². The number of anilines is 6. The van der Waals surface area contributed by atoms with Crippen LogP contribution in [0.15, 0.2) is 243 Å². The number of fused-ring (bicyclic) bond motifs is 6. The highest BCUT2D eigenvalue weighted by Gasteiger charge is 2.49. The molecule has 1 aromatic heterocycles. The number of nitrogens with zero attached hydrogens (tertiary/aromatic N) is 2. The topological polar surface area (TPSA) is 6.48 Å². The van der Waals surface area contributed by atoms with Crippen LogP contribution in [-0.2, 0) is 0 Å². The zero-order valence-corrected chi connectivity index (χ0v) is 38.7. The van der Waals surface area contributed by atoms with Crippen molar-refractivity contribution in [3.63, 3.8) is 0 Å². The molecule has 0 unspecified atom stereocenters. The van der Waals surface area contributed by atoms with Gasteiger partial charge in [-0.2, -0.15) is 0 Å². The summed E-state index contributed by atoms with van der Waals surface area (Å²) in [5.41, 5.74) is 14.3. The molecule has 0 fully saturated rings. The predicted molar refractivity (Wildman–Crippen MR) is 286 cm³/mol. The van der Waals surface area contributed by atoms with E-state index >= 15 is 0 Å². The highest BCUT2D eigenvalue weighted by molar-refractivity contribution is 7.26. The van der Waals surface area contributed by atoms with Crippen molar-refractivity contribution < 1.29 is 0 Å². The van der Waals surface area contributed by atoms with Gasteiger partial charge in [0.05, 0.1) is 5.69 Å². The molecule has 0 N–H and O–H groups in total. The van der Waals surface area contributed by atoms with Crippen LogP contribution >= 0.6 is 11.3 Å². The maximum absolute atomic E-state index is 2.98. The maximum atomic E-state index is 2.57. The fourth-order valence-electron chi connectivity index (χ4n) is 10.6. The Hall–Kier alpha value is -7.76. The summed E-state index contributed by atoms with van der Waals surface area (Å²) in [5.74, 6) is 0. The molecule has 0 radical (unpaired) electrons. The molecule has 0 aliphatic carbocycles. The third-order valence-electron chi connectivity index (χ3n) is 13.4. The highest BCUT2D eigenvalue weighted by Crippen LogP contribution is 2.46. The second-order valence-corrected chi connectivity index (χ2v) is 22.3. The van der Waals surface area contributed by atoms with Crippen LogP contribution in [0.4, 0.5) is 34.1 Å². The van der Waals surface area contributed by atoms with Crippen molar-refractivity contribution in [2.45, 2.75) is 13.8 Å². The molecule has 0 saturated carbocycles. The van der Waals surface area contributed by atoms with Crippen molar-refractivity contribution in [1.29, 1.82) is 0 Å². The van der Waals surface area contributed by atoms with Crippen molar-refractivity contribution in [2.75, 3.05) is 9.80 Å². The van der Waals surface area contributed by atoms with Crippen LogP contribution in [0.5, 0.6) is 0 Å². The van der Waals surface area contributed by atoms with E-state index in [1.165, 1.54) is 80.0 Å². The minimum absolute atomic E-state index is 1.12. The molecular weight excluding hydrogens is 833 g/mol. The number of hydrogen-bond acceptors (Lipinski definition) is 3. The van der Waals surface area contributed by atoms with Crippen LogP contribution in [0.3, 0.4) is 0 Å². The van der Waals surface area contributed by atoms with Gasteiger partial charge in [0.1, 0.15) is 0 Å². The van der Waals surface area contributed by atoms with Crippen molar-refractivity contribution in [3.8, 4) is 22.3 Å². The summed E-state index contributed by atoms with van der Waals surface area (Å²) >= 11 is 1.87. The first-order valence-corrected chi connectivity index (χ1v) is 25.6. The number of aryl methyl sites for hydroxylation is 2. The van der Waals surface area contributed by atoms with Crippen molar-refractivity contribution in [1.82, 2.24) is 0 Å². The normalized spacial score (nSPS) is 12.5. The molecule has 314 valence electrons. The van der Waals surface area contributed by atoms with Crippen LogP contribution in [0, 0.1) is 13.8 Å². The average molecular weight is 879 g/mol. The summed E-state index contributed by atoms with van der Waals surface area (Å²) in [4.78, 5) is 4.92. The first-order valence-electron chi connectivity index (χ1n) is 22.7. The van der Waals surface area contributed by atoms with Gasteiger partial charge in [0.25, 0.3) is 0 Å². The molecule has 2 heterocycles. The third-order valence-corrected chi connectivity index (χ3v) is 19.3. The lowest BCUT2D eigenvalue weighted by Crippen LogP contribution is -2.73. The summed E-state index contributed by atoms with van der Waals surface area (Å²) in [6.45, 7) is 4.48. The van der Waals surface area contributed by atoms with E-state index in [2.05, 4.69) is 266 Å². The lowest BCUT2D eigenvalue weighted by molar-refractivity contribution is 1.29. The molecule has 1 aliphatic rings. The van der Waals surface area contributed by atoms with Crippen LogP contribution < -0.4 is 30.5 Å². The summed E-state index contributed by atoms with van der Waals surface area (Å²) in [7, 11) is -2.98. The Balaban J connectivity index is 1.16. The van der Waals surface area contributed by atoms with E-state index in [4.69, 9.17) is 0 Å². The standard InChI is InChI=1S/C62H46N2SSi/c1-43-18-14-28-52(38-43)66(53-29-15-19-44(2)39-53)60-37-35-50(63(47-23-8-4-9-24-47)48-25-10-5-11-26-48)41-56(60)54-36-34-51(42-61(54)66)64(49-27-16-22-46(40-49)45-20-6-3-7-21-45)57-31-17-33-59-62(57)55-30-12-13-32-58(55)65-59/h3-42H,1-2H3. The molecule has 1 aliphatic heterocycles. The summed E-state index contributed by atoms with van der Waals surface area (Å²) < 4.78 is 2.58. The molecule has 11 aromatic rings. The zero-order chi connectivity index (χ0) is 44.2. The predicted octanol–water partition coefficient (Wildman–Crippen LogP) is 14.6. The average Bonchev–Trinajstić information content (AvgIpc) is 3.89. The first-order chi connectivity index (χ1) is 32.5. The van der Waals surface area contributed by atoms with E-state index in [0.29, 0.717) is 0 Å². The van der Waals surface area contributed by atoms with Crippen LogP contribution in [0.2, 0.25) is 0 Å². The Morgan fingerprint density at radius 3 is 1.59 bits per heavy atom. The Kier molecular flexibility index (Phi) is 9.86. The Morgan fingerprint density at radius 1 is 0.348 bits per heavy atom. The monoisotopic (exact) mass is 878 g/mol. The van der Waals surface area contributed by atoms with E-state index < -0.39 is 8.07 Å². The van der Waals surface area contributed by atoms with Crippen LogP contribution in [0.1, 0.15) is 11.1 Å². The fourth-order valence-corrected chi connectivity index (χ4v) is 17.1. The van der Waals surface area contributed by atoms with Gasteiger partial charge >= 0.3 is 0 Å². The fraction of sp³-hybridized carbons (Fsp3) is 0.0323. The van der Waals surface area contributed by atoms with Gasteiger partial charge in [-0.05, 0) is 136 Å². The molecule has 0 atom stereocenters. The molecule has 0 spiro atoms. The van der Waals surface area contributed by atoms with Gasteiger partial charge in [0.15, 0.2) is 8.07 Å². The van der Waals surface area contributed by atoms with Crippen molar-refractivity contribution >= 4 is 94.5 Å². The van der Waals surface area contributed by atoms with Crippen molar-refractivity contribution in [3.05, 3.63) is 254 Å². The molecule has 0 bridgehead atoms. The summed E-state index contributed by atoms with van der Waals surface area (Å²) in [5, 5.41) is 8.16. The maximum Gasteiger partial charge on any atom is 0.180 e. The highest BCUT2D eigenvalue weighted by atomic mass is 32.1. The van der Waals surface area contributed by atoms with Gasteiger partial charge < -0.3 is 9.80 Å². The lowest BCUT2D eigenvalue weighted by Gasteiger charge is -2.33. The SMILES string of the molecule is Cc1cccc([Si]2(c3cccc(C)c3)c3ccc(N(c4ccccc4)c4ccccc4)cc3-c3ccc(N(c4cccc(-c5ccccc5)c4)c4cccc5sc6ccccc6c45)cc32)c1. The van der Waals surface area contributed by atoms with E-state index in [9.17, 15) is 0 Å². The second-order valence-electron chi connectivity index (χ2n) is 17.5.